The molecule has 0 rings (SSSR count). The lowest BCUT2D eigenvalue weighted by Gasteiger charge is -2.08. The Bertz CT molecular complexity index is 150. The summed E-state index contributed by atoms with van der Waals surface area (Å²) in [6.45, 7) is 1.96. The SMILES string of the molecule is CCCCCCC(=O)NCC(O)CO. The maximum Gasteiger partial charge on any atom is 0.220 e. The highest BCUT2D eigenvalue weighted by Crippen LogP contribution is 2.01. The van der Waals surface area contributed by atoms with Crippen LogP contribution < -0.4 is 5.32 Å². The molecule has 0 aliphatic heterocycles. The quantitative estimate of drug-likeness (QED) is 0.501. The molecule has 14 heavy (non-hydrogen) atoms. The third-order valence-corrected chi connectivity index (χ3v) is 2.00. The van der Waals surface area contributed by atoms with Gasteiger partial charge in [0.05, 0.1) is 12.7 Å². The van der Waals surface area contributed by atoms with Gasteiger partial charge < -0.3 is 15.5 Å². The summed E-state index contributed by atoms with van der Waals surface area (Å²) in [4.78, 5) is 11.1. The van der Waals surface area contributed by atoms with Crippen LogP contribution in [0.5, 0.6) is 0 Å². The van der Waals surface area contributed by atoms with E-state index in [1.54, 1.807) is 0 Å². The van der Waals surface area contributed by atoms with Gasteiger partial charge in [0.1, 0.15) is 0 Å². The Hall–Kier alpha value is -0.610. The second-order valence-electron chi connectivity index (χ2n) is 3.45. The molecular weight excluding hydrogens is 182 g/mol. The van der Waals surface area contributed by atoms with Gasteiger partial charge in [-0.25, -0.2) is 0 Å². The fourth-order valence-electron chi connectivity index (χ4n) is 1.10. The Balaban J connectivity index is 3.28. The molecule has 0 aliphatic rings. The number of aliphatic hydroxyl groups excluding tert-OH is 2. The molecule has 4 heteroatoms. The molecule has 0 bridgehead atoms. The van der Waals surface area contributed by atoms with E-state index >= 15 is 0 Å². The molecule has 0 aromatic rings. The van der Waals surface area contributed by atoms with Crippen LogP contribution >= 0.6 is 0 Å². The molecule has 0 radical (unpaired) electrons. The van der Waals surface area contributed by atoms with E-state index in [4.69, 9.17) is 10.2 Å². The molecule has 0 saturated carbocycles. The van der Waals surface area contributed by atoms with E-state index < -0.39 is 6.10 Å². The van der Waals surface area contributed by atoms with Crippen LogP contribution in [0.4, 0.5) is 0 Å². The molecule has 3 N–H and O–H groups in total. The summed E-state index contributed by atoms with van der Waals surface area (Å²) in [7, 11) is 0. The van der Waals surface area contributed by atoms with E-state index in [1.165, 1.54) is 0 Å². The van der Waals surface area contributed by atoms with Crippen LogP contribution in [0.15, 0.2) is 0 Å². The van der Waals surface area contributed by atoms with Gasteiger partial charge in [-0.2, -0.15) is 0 Å². The minimum atomic E-state index is -0.838. The van der Waals surface area contributed by atoms with E-state index in [-0.39, 0.29) is 19.1 Å². The molecule has 0 saturated heterocycles. The Kier molecular flexibility index (Phi) is 8.57. The van der Waals surface area contributed by atoms with Gasteiger partial charge in [-0.3, -0.25) is 4.79 Å². The lowest BCUT2D eigenvalue weighted by molar-refractivity contribution is -0.121. The average molecular weight is 203 g/mol. The number of nitrogens with one attached hydrogen (secondary N) is 1. The molecule has 0 spiro atoms. The van der Waals surface area contributed by atoms with E-state index in [9.17, 15) is 4.79 Å². The summed E-state index contributed by atoms with van der Waals surface area (Å²) < 4.78 is 0. The first-order valence-electron chi connectivity index (χ1n) is 5.26. The summed E-state index contributed by atoms with van der Waals surface area (Å²) in [6.07, 6.45) is 3.96. The van der Waals surface area contributed by atoms with E-state index in [0.717, 1.165) is 25.7 Å². The van der Waals surface area contributed by atoms with E-state index in [2.05, 4.69) is 12.2 Å². The van der Waals surface area contributed by atoms with Crippen molar-refractivity contribution in [1.82, 2.24) is 5.32 Å². The van der Waals surface area contributed by atoms with Crippen molar-refractivity contribution < 1.29 is 15.0 Å². The maximum atomic E-state index is 11.1. The zero-order valence-electron chi connectivity index (χ0n) is 8.83. The first-order chi connectivity index (χ1) is 6.70. The summed E-state index contributed by atoms with van der Waals surface area (Å²) in [6, 6.07) is 0. The van der Waals surface area contributed by atoms with Crippen molar-refractivity contribution in [3.63, 3.8) is 0 Å². The predicted octanol–water partition coefficient (Wildman–Crippen LogP) is 0.426. The Morgan fingerprint density at radius 1 is 1.36 bits per heavy atom. The first kappa shape index (κ1) is 13.4. The van der Waals surface area contributed by atoms with Crippen LogP contribution in [0.1, 0.15) is 39.0 Å². The molecule has 0 aliphatic carbocycles. The summed E-state index contributed by atoms with van der Waals surface area (Å²) >= 11 is 0. The fraction of sp³-hybridized carbons (Fsp3) is 0.900. The molecule has 0 fully saturated rings. The van der Waals surface area contributed by atoms with Crippen molar-refractivity contribution in [2.45, 2.75) is 45.1 Å². The maximum absolute atomic E-state index is 11.1. The number of amides is 1. The van der Waals surface area contributed by atoms with Crippen molar-refractivity contribution in [3.8, 4) is 0 Å². The highest BCUT2D eigenvalue weighted by molar-refractivity contribution is 5.75. The fourth-order valence-corrected chi connectivity index (χ4v) is 1.10. The van der Waals surface area contributed by atoms with Gasteiger partial charge in [-0.1, -0.05) is 26.2 Å². The largest absolute Gasteiger partial charge is 0.394 e. The van der Waals surface area contributed by atoms with Crippen LogP contribution in [0, 0.1) is 0 Å². The molecule has 84 valence electrons. The zero-order chi connectivity index (χ0) is 10.8. The second-order valence-corrected chi connectivity index (χ2v) is 3.45. The van der Waals surface area contributed by atoms with Crippen molar-refractivity contribution >= 4 is 5.91 Å². The average Bonchev–Trinajstić information content (AvgIpc) is 2.21. The summed E-state index contributed by atoms with van der Waals surface area (Å²) in [5.41, 5.74) is 0. The smallest absolute Gasteiger partial charge is 0.220 e. The summed E-state index contributed by atoms with van der Waals surface area (Å²) in [5, 5.41) is 20.0. The number of carbonyl (C=O) groups is 1. The summed E-state index contributed by atoms with van der Waals surface area (Å²) in [5.74, 6) is -0.0476. The lowest BCUT2D eigenvalue weighted by Crippen LogP contribution is -2.33. The van der Waals surface area contributed by atoms with Crippen molar-refractivity contribution in [2.24, 2.45) is 0 Å². The van der Waals surface area contributed by atoms with Gasteiger partial charge in [-0.15, -0.1) is 0 Å². The van der Waals surface area contributed by atoms with Crippen LogP contribution in [0.2, 0.25) is 0 Å². The zero-order valence-corrected chi connectivity index (χ0v) is 8.83. The van der Waals surface area contributed by atoms with Gasteiger partial charge >= 0.3 is 0 Å². The molecule has 4 nitrogen and oxygen atoms in total. The predicted molar refractivity (Wildman–Crippen MR) is 54.9 cm³/mol. The molecule has 1 amide bonds. The van der Waals surface area contributed by atoms with Gasteiger partial charge in [0, 0.05) is 13.0 Å². The minimum absolute atomic E-state index is 0.0476. The minimum Gasteiger partial charge on any atom is -0.394 e. The standard InChI is InChI=1S/C10H21NO3/c1-2-3-4-5-6-10(14)11-7-9(13)8-12/h9,12-13H,2-8H2,1H3,(H,11,14). The highest BCUT2D eigenvalue weighted by atomic mass is 16.3. The monoisotopic (exact) mass is 203 g/mol. The highest BCUT2D eigenvalue weighted by Gasteiger charge is 2.04. The van der Waals surface area contributed by atoms with Gasteiger partial charge in [-0.05, 0) is 6.42 Å². The molecule has 1 unspecified atom stereocenters. The Labute approximate surface area is 85.3 Å². The molecule has 0 aromatic carbocycles. The topological polar surface area (TPSA) is 69.6 Å². The van der Waals surface area contributed by atoms with E-state index in [1.807, 2.05) is 0 Å². The van der Waals surface area contributed by atoms with Crippen LogP contribution in [-0.4, -0.2) is 35.4 Å². The Morgan fingerprint density at radius 2 is 2.07 bits per heavy atom. The second kappa shape index (κ2) is 8.97. The van der Waals surface area contributed by atoms with Crippen molar-refractivity contribution in [1.29, 1.82) is 0 Å². The number of unbranched alkanes of at least 4 members (excludes halogenated alkanes) is 3. The van der Waals surface area contributed by atoms with Crippen molar-refractivity contribution in [2.75, 3.05) is 13.2 Å². The molecular formula is C10H21NO3. The Morgan fingerprint density at radius 3 is 2.64 bits per heavy atom. The van der Waals surface area contributed by atoms with Crippen molar-refractivity contribution in [3.05, 3.63) is 0 Å². The van der Waals surface area contributed by atoms with Gasteiger partial charge in [0.2, 0.25) is 5.91 Å². The molecule has 1 atom stereocenters. The third kappa shape index (κ3) is 8.01. The van der Waals surface area contributed by atoms with Crippen LogP contribution in [0.3, 0.4) is 0 Å². The van der Waals surface area contributed by atoms with Crippen LogP contribution in [-0.2, 0) is 4.79 Å². The van der Waals surface area contributed by atoms with Gasteiger partial charge in [0.15, 0.2) is 0 Å². The van der Waals surface area contributed by atoms with Crippen LogP contribution in [0.25, 0.3) is 0 Å². The lowest BCUT2D eigenvalue weighted by atomic mass is 10.1. The first-order valence-corrected chi connectivity index (χ1v) is 5.26. The number of rotatable bonds is 8. The van der Waals surface area contributed by atoms with E-state index in [0.29, 0.717) is 6.42 Å². The normalized spacial score (nSPS) is 12.5. The number of carbonyl (C=O) groups excluding carboxylic acids is 1. The number of hydrogen-bond donors (Lipinski definition) is 3. The number of aliphatic hydroxyl groups is 2. The van der Waals surface area contributed by atoms with Gasteiger partial charge in [0.25, 0.3) is 0 Å². The molecule has 0 aromatic heterocycles. The number of hydrogen-bond acceptors (Lipinski definition) is 3. The molecule has 0 heterocycles. The third-order valence-electron chi connectivity index (χ3n) is 2.00.